The van der Waals surface area contributed by atoms with Gasteiger partial charge >= 0.3 is 5.97 Å². The molecule has 0 spiro atoms. The maximum Gasteiger partial charge on any atom is 0.337 e. The minimum atomic E-state index is -3.68. The number of terminal acetylenes is 1. The Morgan fingerprint density at radius 2 is 2.18 bits per heavy atom. The lowest BCUT2D eigenvalue weighted by Crippen LogP contribution is -2.08. The fourth-order valence-electron chi connectivity index (χ4n) is 1.17. The summed E-state index contributed by atoms with van der Waals surface area (Å²) in [6, 6.07) is 3.85. The summed E-state index contributed by atoms with van der Waals surface area (Å²) in [7, 11) is -2.48. The summed E-state index contributed by atoms with van der Waals surface area (Å²) in [6.07, 6.45) is 4.96. The normalized spacial score (nSPS) is 10.6. The minimum Gasteiger partial charge on any atom is -0.465 e. The SMILES string of the molecule is C#CCS(=O)(=O)c1cc(C(=O)OC)ccc1Cl. The third kappa shape index (κ3) is 2.99. The van der Waals surface area contributed by atoms with Gasteiger partial charge < -0.3 is 4.74 Å². The molecule has 0 aromatic heterocycles. The number of hydrogen-bond donors (Lipinski definition) is 0. The van der Waals surface area contributed by atoms with Crippen molar-refractivity contribution in [3.05, 3.63) is 28.8 Å². The van der Waals surface area contributed by atoms with Gasteiger partial charge in [-0.05, 0) is 18.2 Å². The maximum atomic E-state index is 11.7. The van der Waals surface area contributed by atoms with Gasteiger partial charge in [0.15, 0.2) is 9.84 Å². The summed E-state index contributed by atoms with van der Waals surface area (Å²) in [5.74, 6) is 0.919. The molecule has 0 unspecified atom stereocenters. The minimum absolute atomic E-state index is 0.0212. The Bertz CT molecular complexity index is 584. The summed E-state index contributed by atoms with van der Waals surface area (Å²) < 4.78 is 28.0. The van der Waals surface area contributed by atoms with E-state index in [4.69, 9.17) is 18.0 Å². The third-order valence-electron chi connectivity index (χ3n) is 1.96. The van der Waals surface area contributed by atoms with Crippen molar-refractivity contribution < 1.29 is 17.9 Å². The van der Waals surface area contributed by atoms with E-state index in [1.807, 2.05) is 5.92 Å². The second-order valence-electron chi connectivity index (χ2n) is 3.10. The van der Waals surface area contributed by atoms with Crippen LogP contribution in [0.3, 0.4) is 0 Å². The van der Waals surface area contributed by atoms with Crippen molar-refractivity contribution in [3.63, 3.8) is 0 Å². The smallest absolute Gasteiger partial charge is 0.337 e. The molecule has 0 N–H and O–H groups in total. The Morgan fingerprint density at radius 1 is 1.53 bits per heavy atom. The predicted molar refractivity (Wildman–Crippen MR) is 63.7 cm³/mol. The van der Waals surface area contributed by atoms with Crippen LogP contribution in [0, 0.1) is 12.3 Å². The van der Waals surface area contributed by atoms with E-state index >= 15 is 0 Å². The molecule has 0 bridgehead atoms. The number of carbonyl (C=O) groups excluding carboxylic acids is 1. The fraction of sp³-hybridized carbons (Fsp3) is 0.182. The summed E-state index contributed by atoms with van der Waals surface area (Å²) in [6.45, 7) is 0. The number of halogens is 1. The molecule has 90 valence electrons. The Kier molecular flexibility index (Phi) is 4.16. The molecule has 0 amide bonds. The highest BCUT2D eigenvalue weighted by atomic mass is 35.5. The van der Waals surface area contributed by atoms with Crippen LogP contribution in [-0.2, 0) is 14.6 Å². The van der Waals surface area contributed by atoms with Crippen LogP contribution in [0.2, 0.25) is 5.02 Å². The molecule has 0 fully saturated rings. The van der Waals surface area contributed by atoms with Crippen LogP contribution < -0.4 is 0 Å². The lowest BCUT2D eigenvalue weighted by molar-refractivity contribution is 0.0600. The molecule has 0 atom stereocenters. The molecule has 0 saturated carbocycles. The zero-order valence-electron chi connectivity index (χ0n) is 8.94. The largest absolute Gasteiger partial charge is 0.465 e. The Labute approximate surface area is 104 Å². The van der Waals surface area contributed by atoms with Crippen LogP contribution >= 0.6 is 11.6 Å². The summed E-state index contributed by atoms with van der Waals surface area (Å²) >= 11 is 5.76. The maximum absolute atomic E-state index is 11.7. The van der Waals surface area contributed by atoms with Crippen LogP contribution in [0.5, 0.6) is 0 Å². The highest BCUT2D eigenvalue weighted by Gasteiger charge is 2.19. The second-order valence-corrected chi connectivity index (χ2v) is 5.47. The first-order valence-electron chi connectivity index (χ1n) is 4.46. The molecular weight excluding hydrogens is 264 g/mol. The lowest BCUT2D eigenvalue weighted by Gasteiger charge is -2.06. The molecule has 1 aromatic rings. The van der Waals surface area contributed by atoms with Crippen molar-refractivity contribution in [2.75, 3.05) is 12.9 Å². The van der Waals surface area contributed by atoms with Gasteiger partial charge in [0.25, 0.3) is 0 Å². The van der Waals surface area contributed by atoms with Crippen LogP contribution in [-0.4, -0.2) is 27.2 Å². The van der Waals surface area contributed by atoms with Crippen LogP contribution in [0.25, 0.3) is 0 Å². The van der Waals surface area contributed by atoms with E-state index in [0.29, 0.717) is 0 Å². The summed E-state index contributed by atoms with van der Waals surface area (Å²) in [4.78, 5) is 11.1. The van der Waals surface area contributed by atoms with E-state index in [-0.39, 0.29) is 15.5 Å². The van der Waals surface area contributed by atoms with Crippen molar-refractivity contribution in [1.29, 1.82) is 0 Å². The van der Waals surface area contributed by atoms with Gasteiger partial charge in [-0.2, -0.15) is 0 Å². The van der Waals surface area contributed by atoms with E-state index in [2.05, 4.69) is 4.74 Å². The molecule has 0 radical (unpaired) electrons. The van der Waals surface area contributed by atoms with Gasteiger partial charge in [-0.25, -0.2) is 13.2 Å². The van der Waals surface area contributed by atoms with E-state index in [0.717, 1.165) is 6.07 Å². The Morgan fingerprint density at radius 3 is 2.71 bits per heavy atom. The van der Waals surface area contributed by atoms with Gasteiger partial charge in [-0.3, -0.25) is 0 Å². The number of esters is 1. The van der Waals surface area contributed by atoms with Gasteiger partial charge in [-0.1, -0.05) is 17.5 Å². The first-order valence-corrected chi connectivity index (χ1v) is 6.49. The average molecular weight is 273 g/mol. The number of hydrogen-bond acceptors (Lipinski definition) is 4. The molecular formula is C11H9ClO4S. The van der Waals surface area contributed by atoms with Crippen LogP contribution in [0.1, 0.15) is 10.4 Å². The molecule has 0 aliphatic heterocycles. The van der Waals surface area contributed by atoms with Gasteiger partial charge in [0, 0.05) is 0 Å². The average Bonchev–Trinajstić information content (AvgIpc) is 2.28. The van der Waals surface area contributed by atoms with Crippen molar-refractivity contribution >= 4 is 27.4 Å². The van der Waals surface area contributed by atoms with Crippen LogP contribution in [0.15, 0.2) is 23.1 Å². The molecule has 1 aromatic carbocycles. The Balaban J connectivity index is 3.35. The quantitative estimate of drug-likeness (QED) is 0.618. The fourth-order valence-corrected chi connectivity index (χ4v) is 2.69. The summed E-state index contributed by atoms with van der Waals surface area (Å²) in [5, 5.41) is 0.0212. The first kappa shape index (κ1) is 13.6. The summed E-state index contributed by atoms with van der Waals surface area (Å²) in [5.41, 5.74) is 0.104. The van der Waals surface area contributed by atoms with Crippen molar-refractivity contribution in [1.82, 2.24) is 0 Å². The number of ether oxygens (including phenoxy) is 1. The van der Waals surface area contributed by atoms with Crippen molar-refractivity contribution in [2.45, 2.75) is 4.90 Å². The predicted octanol–water partition coefficient (Wildman–Crippen LogP) is 1.53. The highest BCUT2D eigenvalue weighted by molar-refractivity contribution is 7.91. The third-order valence-corrected chi connectivity index (χ3v) is 3.96. The van der Waals surface area contributed by atoms with Gasteiger partial charge in [0.2, 0.25) is 0 Å². The van der Waals surface area contributed by atoms with E-state index in [1.54, 1.807) is 0 Å². The number of sulfone groups is 1. The number of benzene rings is 1. The number of rotatable bonds is 3. The van der Waals surface area contributed by atoms with Crippen LogP contribution in [0.4, 0.5) is 0 Å². The molecule has 0 heterocycles. The molecule has 17 heavy (non-hydrogen) atoms. The monoisotopic (exact) mass is 272 g/mol. The van der Waals surface area contributed by atoms with E-state index < -0.39 is 21.6 Å². The topological polar surface area (TPSA) is 60.4 Å². The van der Waals surface area contributed by atoms with Gasteiger partial charge in [-0.15, -0.1) is 6.42 Å². The first-order chi connectivity index (χ1) is 7.92. The van der Waals surface area contributed by atoms with E-state index in [9.17, 15) is 13.2 Å². The zero-order chi connectivity index (χ0) is 13.1. The second kappa shape index (κ2) is 5.21. The molecule has 4 nitrogen and oxygen atoms in total. The van der Waals surface area contributed by atoms with Gasteiger partial charge in [0.1, 0.15) is 5.75 Å². The number of carbonyl (C=O) groups is 1. The van der Waals surface area contributed by atoms with Crippen molar-refractivity contribution in [3.8, 4) is 12.3 Å². The van der Waals surface area contributed by atoms with Crippen molar-refractivity contribution in [2.24, 2.45) is 0 Å². The molecule has 6 heteroatoms. The Hall–Kier alpha value is -1.51. The highest BCUT2D eigenvalue weighted by Crippen LogP contribution is 2.24. The van der Waals surface area contributed by atoms with E-state index in [1.165, 1.54) is 19.2 Å². The molecule has 0 aliphatic rings. The molecule has 0 aliphatic carbocycles. The molecule has 0 saturated heterocycles. The lowest BCUT2D eigenvalue weighted by atomic mass is 10.2. The molecule has 1 rings (SSSR count). The van der Waals surface area contributed by atoms with Gasteiger partial charge in [0.05, 0.1) is 22.6 Å². The number of methoxy groups -OCH3 is 1. The zero-order valence-corrected chi connectivity index (χ0v) is 10.5. The standard InChI is InChI=1S/C11H9ClO4S/c1-3-6-17(14,15)10-7-8(11(13)16-2)4-5-9(10)12/h1,4-5,7H,6H2,2H3.